The van der Waals surface area contributed by atoms with Gasteiger partial charge in [0.2, 0.25) is 5.91 Å². The first-order valence-electron chi connectivity index (χ1n) is 7.09. The van der Waals surface area contributed by atoms with Gasteiger partial charge < -0.3 is 10.6 Å². The standard InChI is InChI=1S/C16H24N2O/c1-11-7-9-13(10-8-11)14-5-4-6-15(14)18(3)16(19)12(2)17/h7-10,12,14-15H,4-6,17H2,1-3H3/t12-,14?,15?/m1/s1. The lowest BCUT2D eigenvalue weighted by Gasteiger charge is -2.31. The summed E-state index contributed by atoms with van der Waals surface area (Å²) in [5.41, 5.74) is 8.34. The molecule has 0 radical (unpaired) electrons. The normalized spacial score (nSPS) is 24.2. The third kappa shape index (κ3) is 2.98. The van der Waals surface area contributed by atoms with Crippen molar-refractivity contribution >= 4 is 5.91 Å². The van der Waals surface area contributed by atoms with Crippen molar-refractivity contribution in [2.24, 2.45) is 5.73 Å². The van der Waals surface area contributed by atoms with Gasteiger partial charge >= 0.3 is 0 Å². The van der Waals surface area contributed by atoms with Gasteiger partial charge in [-0.3, -0.25) is 4.79 Å². The fraction of sp³-hybridized carbons (Fsp3) is 0.562. The van der Waals surface area contributed by atoms with E-state index in [-0.39, 0.29) is 5.91 Å². The summed E-state index contributed by atoms with van der Waals surface area (Å²) in [6, 6.07) is 8.58. The topological polar surface area (TPSA) is 46.3 Å². The number of aryl methyl sites for hydroxylation is 1. The largest absolute Gasteiger partial charge is 0.341 e. The van der Waals surface area contributed by atoms with Crippen LogP contribution in [0.4, 0.5) is 0 Å². The summed E-state index contributed by atoms with van der Waals surface area (Å²) >= 11 is 0. The smallest absolute Gasteiger partial charge is 0.239 e. The summed E-state index contributed by atoms with van der Waals surface area (Å²) in [5, 5.41) is 0. The molecule has 3 atom stereocenters. The van der Waals surface area contributed by atoms with Crippen molar-refractivity contribution in [3.05, 3.63) is 35.4 Å². The molecule has 1 aliphatic carbocycles. The second-order valence-corrected chi connectivity index (χ2v) is 5.75. The van der Waals surface area contributed by atoms with Crippen molar-refractivity contribution in [3.63, 3.8) is 0 Å². The number of hydrogen-bond acceptors (Lipinski definition) is 2. The van der Waals surface area contributed by atoms with Crippen LogP contribution in [0.2, 0.25) is 0 Å². The summed E-state index contributed by atoms with van der Waals surface area (Å²) < 4.78 is 0. The van der Waals surface area contributed by atoms with E-state index in [0.717, 1.165) is 12.8 Å². The Morgan fingerprint density at radius 3 is 2.53 bits per heavy atom. The molecule has 1 fully saturated rings. The quantitative estimate of drug-likeness (QED) is 0.907. The highest BCUT2D eigenvalue weighted by molar-refractivity contribution is 5.81. The number of benzene rings is 1. The molecule has 0 aromatic heterocycles. The van der Waals surface area contributed by atoms with Crippen molar-refractivity contribution in [2.75, 3.05) is 7.05 Å². The van der Waals surface area contributed by atoms with Gasteiger partial charge in [0.05, 0.1) is 6.04 Å². The predicted molar refractivity (Wildman–Crippen MR) is 78.0 cm³/mol. The number of likely N-dealkylation sites (N-methyl/N-ethyl adjacent to an activating group) is 1. The minimum atomic E-state index is -0.413. The monoisotopic (exact) mass is 260 g/mol. The first-order valence-corrected chi connectivity index (χ1v) is 7.09. The molecular formula is C16H24N2O. The first kappa shape index (κ1) is 14.1. The zero-order valence-corrected chi connectivity index (χ0v) is 12.1. The van der Waals surface area contributed by atoms with E-state index in [2.05, 4.69) is 31.2 Å². The highest BCUT2D eigenvalue weighted by atomic mass is 16.2. The fourth-order valence-corrected chi connectivity index (χ4v) is 3.09. The minimum Gasteiger partial charge on any atom is -0.341 e. The summed E-state index contributed by atoms with van der Waals surface area (Å²) in [6.07, 6.45) is 3.41. The van der Waals surface area contributed by atoms with E-state index in [1.807, 2.05) is 11.9 Å². The lowest BCUT2D eigenvalue weighted by Crippen LogP contribution is -2.46. The molecule has 0 saturated heterocycles. The van der Waals surface area contributed by atoms with Crippen molar-refractivity contribution in [2.45, 2.75) is 51.1 Å². The molecule has 3 heteroatoms. The summed E-state index contributed by atoms with van der Waals surface area (Å²) in [7, 11) is 1.89. The predicted octanol–water partition coefficient (Wildman–Crippen LogP) is 2.44. The highest BCUT2D eigenvalue weighted by Gasteiger charge is 2.34. The molecule has 0 bridgehead atoms. The molecular weight excluding hydrogens is 236 g/mol. The summed E-state index contributed by atoms with van der Waals surface area (Å²) in [5.74, 6) is 0.498. The van der Waals surface area contributed by atoms with Crippen molar-refractivity contribution in [1.82, 2.24) is 4.90 Å². The average molecular weight is 260 g/mol. The van der Waals surface area contributed by atoms with Gasteiger partial charge in [0.25, 0.3) is 0 Å². The molecule has 19 heavy (non-hydrogen) atoms. The second kappa shape index (κ2) is 5.74. The zero-order valence-electron chi connectivity index (χ0n) is 12.1. The summed E-state index contributed by atoms with van der Waals surface area (Å²) in [4.78, 5) is 13.9. The van der Waals surface area contributed by atoms with Gasteiger partial charge in [-0.2, -0.15) is 0 Å². The molecule has 1 saturated carbocycles. The molecule has 104 valence electrons. The SMILES string of the molecule is Cc1ccc(C2CCCC2N(C)C(=O)[C@@H](C)N)cc1. The van der Waals surface area contributed by atoms with Gasteiger partial charge in [-0.25, -0.2) is 0 Å². The maximum Gasteiger partial charge on any atom is 0.239 e. The molecule has 0 spiro atoms. The van der Waals surface area contributed by atoms with Gasteiger partial charge in [0.1, 0.15) is 0 Å². The number of hydrogen-bond donors (Lipinski definition) is 1. The Labute approximate surface area is 115 Å². The Bertz CT molecular complexity index is 439. The Hall–Kier alpha value is -1.35. The van der Waals surface area contributed by atoms with Crippen LogP contribution >= 0.6 is 0 Å². The molecule has 1 aliphatic rings. The molecule has 2 unspecified atom stereocenters. The lowest BCUT2D eigenvalue weighted by molar-refractivity contribution is -0.133. The van der Waals surface area contributed by atoms with Gasteiger partial charge in [0.15, 0.2) is 0 Å². The van der Waals surface area contributed by atoms with Crippen molar-refractivity contribution in [1.29, 1.82) is 0 Å². The van der Waals surface area contributed by atoms with E-state index >= 15 is 0 Å². The maximum atomic E-state index is 12.1. The van der Waals surface area contributed by atoms with E-state index in [1.54, 1.807) is 6.92 Å². The number of nitrogens with zero attached hydrogens (tertiary/aromatic N) is 1. The molecule has 2 rings (SSSR count). The fourth-order valence-electron chi connectivity index (χ4n) is 3.09. The van der Waals surface area contributed by atoms with Crippen LogP contribution in [0.3, 0.4) is 0 Å². The zero-order chi connectivity index (χ0) is 14.0. The molecule has 0 heterocycles. The summed E-state index contributed by atoms with van der Waals surface area (Å²) in [6.45, 7) is 3.86. The number of nitrogens with two attached hydrogens (primary N) is 1. The van der Waals surface area contributed by atoms with Crippen molar-refractivity contribution < 1.29 is 4.79 Å². The first-order chi connectivity index (χ1) is 9.00. The third-order valence-electron chi connectivity index (χ3n) is 4.22. The highest BCUT2D eigenvalue weighted by Crippen LogP contribution is 2.37. The Morgan fingerprint density at radius 1 is 1.32 bits per heavy atom. The van der Waals surface area contributed by atoms with E-state index in [1.165, 1.54) is 17.5 Å². The van der Waals surface area contributed by atoms with Crippen LogP contribution in [-0.4, -0.2) is 29.9 Å². The Kier molecular flexibility index (Phi) is 4.25. The Balaban J connectivity index is 2.17. The lowest BCUT2D eigenvalue weighted by atomic mass is 9.92. The van der Waals surface area contributed by atoms with Crippen LogP contribution in [0.15, 0.2) is 24.3 Å². The second-order valence-electron chi connectivity index (χ2n) is 5.75. The number of carbonyl (C=O) groups is 1. The van der Waals surface area contributed by atoms with Crippen LogP contribution in [0.1, 0.15) is 43.2 Å². The van der Waals surface area contributed by atoms with Crippen LogP contribution in [0.25, 0.3) is 0 Å². The van der Waals surface area contributed by atoms with Gasteiger partial charge in [-0.15, -0.1) is 0 Å². The van der Waals surface area contributed by atoms with Crippen LogP contribution in [-0.2, 0) is 4.79 Å². The number of rotatable bonds is 3. The van der Waals surface area contributed by atoms with E-state index in [9.17, 15) is 4.79 Å². The van der Waals surface area contributed by atoms with Crippen LogP contribution in [0, 0.1) is 6.92 Å². The average Bonchev–Trinajstić information content (AvgIpc) is 2.87. The molecule has 1 aromatic carbocycles. The van der Waals surface area contributed by atoms with Gasteiger partial charge in [0, 0.05) is 19.0 Å². The van der Waals surface area contributed by atoms with Crippen LogP contribution < -0.4 is 5.73 Å². The van der Waals surface area contributed by atoms with Gasteiger partial charge in [-0.1, -0.05) is 36.2 Å². The maximum absolute atomic E-state index is 12.1. The van der Waals surface area contributed by atoms with Gasteiger partial charge in [-0.05, 0) is 32.3 Å². The molecule has 1 amide bonds. The van der Waals surface area contributed by atoms with E-state index in [0.29, 0.717) is 12.0 Å². The van der Waals surface area contributed by atoms with E-state index in [4.69, 9.17) is 5.73 Å². The molecule has 1 aromatic rings. The molecule has 2 N–H and O–H groups in total. The minimum absolute atomic E-state index is 0.0454. The third-order valence-corrected chi connectivity index (χ3v) is 4.22. The van der Waals surface area contributed by atoms with Crippen LogP contribution in [0.5, 0.6) is 0 Å². The number of amides is 1. The number of carbonyl (C=O) groups excluding carboxylic acids is 1. The molecule has 3 nitrogen and oxygen atoms in total. The van der Waals surface area contributed by atoms with Crippen molar-refractivity contribution in [3.8, 4) is 0 Å². The molecule has 0 aliphatic heterocycles. The van der Waals surface area contributed by atoms with E-state index < -0.39 is 6.04 Å². The Morgan fingerprint density at radius 2 is 1.95 bits per heavy atom.